The van der Waals surface area contributed by atoms with Crippen molar-refractivity contribution in [3.8, 4) is 5.75 Å². The number of aliphatic hydroxyl groups is 1. The topological polar surface area (TPSA) is 49.8 Å². The number of likely N-dealkylation sites (tertiary alicyclic amines) is 1. The molecule has 0 saturated carbocycles. The molecule has 1 aromatic carbocycles. The molecule has 2 atom stereocenters. The average molecular weight is 334 g/mol. The molecular weight excluding hydrogens is 314 g/mol. The molecule has 2 aliphatic heterocycles. The Morgan fingerprint density at radius 1 is 1.52 bits per heavy atom. The fourth-order valence-corrected chi connectivity index (χ4v) is 3.11. The van der Waals surface area contributed by atoms with Crippen LogP contribution in [0.3, 0.4) is 0 Å². The van der Waals surface area contributed by atoms with Crippen molar-refractivity contribution in [3.63, 3.8) is 0 Å². The lowest BCUT2D eigenvalue weighted by Gasteiger charge is -2.17. The Kier molecular flexibility index (Phi) is 4.74. The number of halogens is 1. The van der Waals surface area contributed by atoms with Gasteiger partial charge in [-0.2, -0.15) is 0 Å². The summed E-state index contributed by atoms with van der Waals surface area (Å²) in [6, 6.07) is 5.49. The molecule has 1 fully saturated rings. The molecule has 0 aromatic heterocycles. The predicted octanol–water partition coefficient (Wildman–Crippen LogP) is 2.90. The number of carbonyl (C=O) groups excluding carboxylic acids is 1. The summed E-state index contributed by atoms with van der Waals surface area (Å²) in [5.41, 5.74) is 1.85. The van der Waals surface area contributed by atoms with E-state index in [-0.39, 0.29) is 17.9 Å². The number of nitrogens with zero attached hydrogens (tertiary/aromatic N) is 1. The maximum Gasteiger partial charge on any atom is 0.246 e. The van der Waals surface area contributed by atoms with Gasteiger partial charge in [0.2, 0.25) is 5.91 Å². The molecule has 3 rings (SSSR count). The predicted molar refractivity (Wildman–Crippen MR) is 90.4 cm³/mol. The zero-order valence-corrected chi connectivity index (χ0v) is 13.8. The fourth-order valence-electron chi connectivity index (χ4n) is 2.93. The standard InChI is InChI=1S/C18H20ClNO3/c1-12(21)14-6-7-20(10-14)18(22)5-2-13-8-15-9-16(19)3-4-17(15)23-11-13/h2-5,8-9,12,14,21H,6-7,10-11H2,1H3/b5-2+. The number of amides is 1. The summed E-state index contributed by atoms with van der Waals surface area (Å²) >= 11 is 5.99. The van der Waals surface area contributed by atoms with Gasteiger partial charge < -0.3 is 14.7 Å². The maximum absolute atomic E-state index is 12.2. The van der Waals surface area contributed by atoms with Crippen LogP contribution in [0.25, 0.3) is 6.08 Å². The molecule has 0 aliphatic carbocycles. The van der Waals surface area contributed by atoms with E-state index in [0.717, 1.165) is 23.3 Å². The average Bonchev–Trinajstić information content (AvgIpc) is 3.02. The van der Waals surface area contributed by atoms with Crippen LogP contribution in [0.1, 0.15) is 18.9 Å². The first-order valence-corrected chi connectivity index (χ1v) is 8.18. The Morgan fingerprint density at radius 2 is 2.35 bits per heavy atom. The van der Waals surface area contributed by atoms with E-state index < -0.39 is 0 Å². The van der Waals surface area contributed by atoms with E-state index in [9.17, 15) is 9.90 Å². The second-order valence-electron chi connectivity index (χ2n) is 6.10. The molecule has 0 spiro atoms. The number of fused-ring (bicyclic) bond motifs is 1. The van der Waals surface area contributed by atoms with Crippen LogP contribution in [0.2, 0.25) is 5.02 Å². The minimum Gasteiger partial charge on any atom is -0.488 e. The van der Waals surface area contributed by atoms with Crippen molar-refractivity contribution in [3.05, 3.63) is 46.5 Å². The van der Waals surface area contributed by atoms with Gasteiger partial charge in [0.15, 0.2) is 0 Å². The van der Waals surface area contributed by atoms with Crippen molar-refractivity contribution in [2.24, 2.45) is 5.92 Å². The number of rotatable bonds is 3. The summed E-state index contributed by atoms with van der Waals surface area (Å²) in [6.07, 6.45) is 5.84. The molecule has 23 heavy (non-hydrogen) atoms. The molecule has 1 aromatic rings. The number of hydrogen-bond acceptors (Lipinski definition) is 3. The maximum atomic E-state index is 12.2. The molecule has 1 amide bonds. The summed E-state index contributed by atoms with van der Waals surface area (Å²) in [6.45, 7) is 3.54. The van der Waals surface area contributed by atoms with Crippen LogP contribution in [0.4, 0.5) is 0 Å². The molecule has 1 N–H and O–H groups in total. The van der Waals surface area contributed by atoms with Gasteiger partial charge >= 0.3 is 0 Å². The number of aliphatic hydroxyl groups excluding tert-OH is 1. The highest BCUT2D eigenvalue weighted by atomic mass is 35.5. The highest BCUT2D eigenvalue weighted by Gasteiger charge is 2.27. The van der Waals surface area contributed by atoms with Crippen molar-refractivity contribution in [2.75, 3.05) is 19.7 Å². The Hall–Kier alpha value is -1.78. The molecular formula is C18H20ClNO3. The van der Waals surface area contributed by atoms with Gasteiger partial charge in [-0.15, -0.1) is 0 Å². The van der Waals surface area contributed by atoms with Gasteiger partial charge in [0.25, 0.3) is 0 Å². The highest BCUT2D eigenvalue weighted by Crippen LogP contribution is 2.29. The third-order valence-corrected chi connectivity index (χ3v) is 4.60. The summed E-state index contributed by atoms with van der Waals surface area (Å²) in [7, 11) is 0. The van der Waals surface area contributed by atoms with Crippen molar-refractivity contribution < 1.29 is 14.6 Å². The second-order valence-corrected chi connectivity index (χ2v) is 6.53. The van der Waals surface area contributed by atoms with E-state index in [4.69, 9.17) is 16.3 Å². The normalized spacial score (nSPS) is 21.8. The van der Waals surface area contributed by atoms with Crippen molar-refractivity contribution in [1.29, 1.82) is 0 Å². The summed E-state index contributed by atoms with van der Waals surface area (Å²) < 4.78 is 5.66. The molecule has 2 unspecified atom stereocenters. The number of benzene rings is 1. The molecule has 0 radical (unpaired) electrons. The molecule has 1 saturated heterocycles. The third-order valence-electron chi connectivity index (χ3n) is 4.37. The minimum absolute atomic E-state index is 0.0223. The fraction of sp³-hybridized carbons (Fsp3) is 0.389. The van der Waals surface area contributed by atoms with E-state index in [1.807, 2.05) is 18.2 Å². The quantitative estimate of drug-likeness (QED) is 0.865. The summed E-state index contributed by atoms with van der Waals surface area (Å²) in [5, 5.41) is 10.3. The monoisotopic (exact) mass is 333 g/mol. The Balaban J connectivity index is 1.65. The Labute approximate surface area is 141 Å². The van der Waals surface area contributed by atoms with Gasteiger partial charge in [-0.3, -0.25) is 4.79 Å². The molecule has 4 nitrogen and oxygen atoms in total. The van der Waals surface area contributed by atoms with Crippen LogP contribution in [-0.2, 0) is 4.79 Å². The summed E-state index contributed by atoms with van der Waals surface area (Å²) in [5.74, 6) is 0.960. The van der Waals surface area contributed by atoms with E-state index in [1.165, 1.54) is 0 Å². The molecule has 2 heterocycles. The lowest BCUT2D eigenvalue weighted by atomic mass is 10.0. The van der Waals surface area contributed by atoms with Gasteiger partial charge in [-0.25, -0.2) is 0 Å². The third kappa shape index (κ3) is 3.77. The summed E-state index contributed by atoms with van der Waals surface area (Å²) in [4.78, 5) is 14.0. The smallest absolute Gasteiger partial charge is 0.246 e. The van der Waals surface area contributed by atoms with Crippen molar-refractivity contribution in [2.45, 2.75) is 19.4 Å². The minimum atomic E-state index is -0.368. The van der Waals surface area contributed by atoms with Gasteiger partial charge in [0.05, 0.1) is 6.10 Å². The molecule has 5 heteroatoms. The first-order chi connectivity index (χ1) is 11.0. The number of hydrogen-bond donors (Lipinski definition) is 1. The van der Waals surface area contributed by atoms with E-state index in [0.29, 0.717) is 24.7 Å². The van der Waals surface area contributed by atoms with Crippen LogP contribution in [0.5, 0.6) is 5.75 Å². The van der Waals surface area contributed by atoms with Crippen molar-refractivity contribution >= 4 is 23.6 Å². The van der Waals surface area contributed by atoms with Crippen molar-refractivity contribution in [1.82, 2.24) is 4.90 Å². The lowest BCUT2D eigenvalue weighted by molar-refractivity contribution is -0.125. The van der Waals surface area contributed by atoms with Crippen LogP contribution in [0, 0.1) is 5.92 Å². The van der Waals surface area contributed by atoms with Gasteiger partial charge in [-0.05, 0) is 43.2 Å². The van der Waals surface area contributed by atoms with E-state index >= 15 is 0 Å². The molecule has 122 valence electrons. The van der Waals surface area contributed by atoms with E-state index in [1.54, 1.807) is 30.0 Å². The van der Waals surface area contributed by atoms with Crippen LogP contribution in [-0.4, -0.2) is 41.7 Å². The van der Waals surface area contributed by atoms with Crippen LogP contribution >= 0.6 is 11.6 Å². The SMILES string of the molecule is CC(O)C1CCN(C(=O)/C=C/C2=Cc3cc(Cl)ccc3OC2)C1. The highest BCUT2D eigenvalue weighted by molar-refractivity contribution is 6.30. The first-order valence-electron chi connectivity index (χ1n) is 7.81. The van der Waals surface area contributed by atoms with Gasteiger partial charge in [-0.1, -0.05) is 17.7 Å². The lowest BCUT2D eigenvalue weighted by Crippen LogP contribution is -2.29. The number of carbonyl (C=O) groups is 1. The second kappa shape index (κ2) is 6.77. The molecule has 0 bridgehead atoms. The Bertz CT molecular complexity index is 666. The zero-order valence-electron chi connectivity index (χ0n) is 13.0. The van der Waals surface area contributed by atoms with E-state index in [2.05, 4.69) is 0 Å². The van der Waals surface area contributed by atoms with Gasteiger partial charge in [0.1, 0.15) is 12.4 Å². The number of ether oxygens (including phenoxy) is 1. The zero-order chi connectivity index (χ0) is 16.4. The molecule has 2 aliphatic rings. The van der Waals surface area contributed by atoms with Gasteiger partial charge in [0, 0.05) is 35.7 Å². The largest absolute Gasteiger partial charge is 0.488 e. The van der Waals surface area contributed by atoms with Crippen LogP contribution < -0.4 is 4.74 Å². The first kappa shape index (κ1) is 16.1. The van der Waals surface area contributed by atoms with Crippen LogP contribution in [0.15, 0.2) is 35.9 Å². The Morgan fingerprint density at radius 3 is 3.09 bits per heavy atom.